The fourth-order valence-electron chi connectivity index (χ4n) is 0.984. The Labute approximate surface area is 100 Å². The third-order valence-corrected chi connectivity index (χ3v) is 2.94. The molecule has 1 atom stereocenters. The summed E-state index contributed by atoms with van der Waals surface area (Å²) in [4.78, 5) is 0. The zero-order valence-electron chi connectivity index (χ0n) is 9.09. The van der Waals surface area contributed by atoms with Crippen LogP contribution in [0.2, 0.25) is 10.3 Å². The van der Waals surface area contributed by atoms with Crippen LogP contribution in [0.4, 0.5) is 5.69 Å². The smallest absolute Gasteiger partial charge is 0.174 e. The minimum Gasteiger partial charge on any atom is -0.382 e. The van der Waals surface area contributed by atoms with Gasteiger partial charge >= 0.3 is 0 Å². The second-order valence-electron chi connectivity index (χ2n) is 3.97. The Kier molecular flexibility index (Phi) is 4.61. The second-order valence-corrected chi connectivity index (χ2v) is 4.72. The van der Waals surface area contributed by atoms with Crippen molar-refractivity contribution in [1.82, 2.24) is 10.2 Å². The van der Waals surface area contributed by atoms with Gasteiger partial charge in [-0.05, 0) is 11.8 Å². The van der Waals surface area contributed by atoms with Crippen molar-refractivity contribution in [3.8, 4) is 0 Å². The molecule has 0 aliphatic heterocycles. The Morgan fingerprint density at radius 3 is 2.53 bits per heavy atom. The van der Waals surface area contributed by atoms with Gasteiger partial charge in [0.05, 0.1) is 5.69 Å². The molecule has 0 spiro atoms. The summed E-state index contributed by atoms with van der Waals surface area (Å²) in [5.74, 6) is 1.19. The first kappa shape index (κ1) is 12.5. The fraction of sp³-hybridized carbons (Fsp3) is 0.600. The third kappa shape index (κ3) is 3.84. The lowest BCUT2D eigenvalue weighted by molar-refractivity contribution is 0.439. The molecule has 0 aliphatic carbocycles. The highest BCUT2D eigenvalue weighted by atomic mass is 35.5. The highest BCUT2D eigenvalue weighted by Crippen LogP contribution is 2.21. The molecule has 1 N–H and O–H groups in total. The van der Waals surface area contributed by atoms with Gasteiger partial charge in [0.25, 0.3) is 0 Å². The zero-order chi connectivity index (χ0) is 11.4. The van der Waals surface area contributed by atoms with E-state index in [2.05, 4.69) is 36.3 Å². The van der Waals surface area contributed by atoms with Gasteiger partial charge < -0.3 is 5.32 Å². The van der Waals surface area contributed by atoms with Gasteiger partial charge in [0, 0.05) is 12.6 Å². The zero-order valence-corrected chi connectivity index (χ0v) is 10.6. The summed E-state index contributed by atoms with van der Waals surface area (Å²) < 4.78 is 0. The van der Waals surface area contributed by atoms with Crippen LogP contribution in [0.15, 0.2) is 6.07 Å². The van der Waals surface area contributed by atoms with Gasteiger partial charge in [-0.3, -0.25) is 0 Å². The molecule has 1 aromatic rings. The monoisotopic (exact) mass is 247 g/mol. The van der Waals surface area contributed by atoms with Gasteiger partial charge in [-0.25, -0.2) is 0 Å². The number of hydrogen-bond acceptors (Lipinski definition) is 3. The number of anilines is 1. The van der Waals surface area contributed by atoms with Gasteiger partial charge in [-0.1, -0.05) is 44.0 Å². The molecule has 15 heavy (non-hydrogen) atoms. The van der Waals surface area contributed by atoms with Crippen molar-refractivity contribution in [3.05, 3.63) is 16.4 Å². The average molecular weight is 248 g/mol. The summed E-state index contributed by atoms with van der Waals surface area (Å²) in [7, 11) is 0. The van der Waals surface area contributed by atoms with Gasteiger partial charge in [-0.2, -0.15) is 0 Å². The molecule has 0 amide bonds. The fourth-order valence-corrected chi connectivity index (χ4v) is 1.29. The first-order valence-electron chi connectivity index (χ1n) is 4.93. The van der Waals surface area contributed by atoms with Crippen molar-refractivity contribution in [3.63, 3.8) is 0 Å². The molecule has 1 heterocycles. The van der Waals surface area contributed by atoms with E-state index >= 15 is 0 Å². The van der Waals surface area contributed by atoms with Crippen molar-refractivity contribution in [1.29, 1.82) is 0 Å². The molecule has 0 aliphatic rings. The molecule has 0 radical (unpaired) electrons. The van der Waals surface area contributed by atoms with E-state index in [1.165, 1.54) is 0 Å². The van der Waals surface area contributed by atoms with Crippen LogP contribution in [0.3, 0.4) is 0 Å². The summed E-state index contributed by atoms with van der Waals surface area (Å²) in [5.41, 5.74) is 0.740. The molecule has 0 saturated carbocycles. The van der Waals surface area contributed by atoms with E-state index in [1.807, 2.05) is 0 Å². The van der Waals surface area contributed by atoms with E-state index in [1.54, 1.807) is 6.07 Å². The summed E-state index contributed by atoms with van der Waals surface area (Å²) in [5, 5.41) is 11.3. The summed E-state index contributed by atoms with van der Waals surface area (Å²) in [6.45, 7) is 7.40. The predicted octanol–water partition coefficient (Wildman–Crippen LogP) is 3.49. The largest absolute Gasteiger partial charge is 0.382 e. The molecule has 84 valence electrons. The molecule has 0 saturated heterocycles. The molecule has 3 nitrogen and oxygen atoms in total. The van der Waals surface area contributed by atoms with Gasteiger partial charge in [0.2, 0.25) is 0 Å². The molecule has 1 rings (SSSR count). The summed E-state index contributed by atoms with van der Waals surface area (Å²) >= 11 is 11.6. The maximum atomic E-state index is 5.86. The standard InChI is InChI=1S/C10H15Cl2N3/c1-6(2)7(3)5-13-8-4-9(11)14-15-10(8)12/h4,6-7H,5H2,1-3H3,(H,13,14). The summed E-state index contributed by atoms with van der Waals surface area (Å²) in [6, 6.07) is 1.68. The van der Waals surface area contributed by atoms with E-state index in [0.717, 1.165) is 12.2 Å². The predicted molar refractivity (Wildman–Crippen MR) is 64.5 cm³/mol. The molecule has 1 unspecified atom stereocenters. The lowest BCUT2D eigenvalue weighted by atomic mass is 9.98. The van der Waals surface area contributed by atoms with Crippen LogP contribution in [-0.4, -0.2) is 16.7 Å². The Balaban J connectivity index is 2.61. The lowest BCUT2D eigenvalue weighted by Gasteiger charge is -2.17. The number of rotatable bonds is 4. The van der Waals surface area contributed by atoms with Crippen molar-refractivity contribution in [2.24, 2.45) is 11.8 Å². The van der Waals surface area contributed by atoms with Crippen LogP contribution >= 0.6 is 23.2 Å². The van der Waals surface area contributed by atoms with Crippen LogP contribution in [0.1, 0.15) is 20.8 Å². The van der Waals surface area contributed by atoms with E-state index in [0.29, 0.717) is 22.1 Å². The van der Waals surface area contributed by atoms with Crippen molar-refractivity contribution < 1.29 is 0 Å². The molecule has 1 aromatic heterocycles. The lowest BCUT2D eigenvalue weighted by Crippen LogP contribution is -2.16. The van der Waals surface area contributed by atoms with Crippen LogP contribution < -0.4 is 5.32 Å². The van der Waals surface area contributed by atoms with Crippen LogP contribution in [0.25, 0.3) is 0 Å². The molecule has 0 aromatic carbocycles. The van der Waals surface area contributed by atoms with Crippen LogP contribution in [0.5, 0.6) is 0 Å². The van der Waals surface area contributed by atoms with E-state index in [9.17, 15) is 0 Å². The van der Waals surface area contributed by atoms with E-state index in [4.69, 9.17) is 23.2 Å². The highest BCUT2D eigenvalue weighted by molar-refractivity contribution is 6.33. The Hall–Kier alpha value is -0.540. The van der Waals surface area contributed by atoms with E-state index < -0.39 is 0 Å². The Morgan fingerprint density at radius 2 is 1.93 bits per heavy atom. The normalized spacial score (nSPS) is 12.9. The first-order chi connectivity index (χ1) is 7.00. The highest BCUT2D eigenvalue weighted by Gasteiger charge is 2.09. The van der Waals surface area contributed by atoms with Crippen molar-refractivity contribution in [2.45, 2.75) is 20.8 Å². The quantitative estimate of drug-likeness (QED) is 0.886. The van der Waals surface area contributed by atoms with Gasteiger partial charge in [-0.15, -0.1) is 10.2 Å². The minimum atomic E-state index is 0.346. The first-order valence-corrected chi connectivity index (χ1v) is 5.69. The minimum absolute atomic E-state index is 0.346. The Morgan fingerprint density at radius 1 is 1.27 bits per heavy atom. The third-order valence-electron chi connectivity index (χ3n) is 2.47. The topological polar surface area (TPSA) is 37.8 Å². The molecule has 5 heteroatoms. The summed E-state index contributed by atoms with van der Waals surface area (Å²) in [6.07, 6.45) is 0. The van der Waals surface area contributed by atoms with Gasteiger partial charge in [0.15, 0.2) is 10.3 Å². The average Bonchev–Trinajstić information content (AvgIpc) is 2.18. The van der Waals surface area contributed by atoms with Crippen molar-refractivity contribution in [2.75, 3.05) is 11.9 Å². The molecule has 0 bridgehead atoms. The molecule has 0 fully saturated rings. The number of nitrogens with one attached hydrogen (secondary N) is 1. The number of hydrogen-bond donors (Lipinski definition) is 1. The van der Waals surface area contributed by atoms with Gasteiger partial charge in [0.1, 0.15) is 0 Å². The second kappa shape index (κ2) is 5.52. The maximum Gasteiger partial charge on any atom is 0.174 e. The molecular weight excluding hydrogens is 233 g/mol. The van der Waals surface area contributed by atoms with Crippen molar-refractivity contribution >= 4 is 28.9 Å². The number of halogens is 2. The van der Waals surface area contributed by atoms with Crippen LogP contribution in [0, 0.1) is 11.8 Å². The number of aromatic nitrogens is 2. The van der Waals surface area contributed by atoms with E-state index in [-0.39, 0.29) is 0 Å². The van der Waals surface area contributed by atoms with Crippen LogP contribution in [-0.2, 0) is 0 Å². The number of nitrogens with zero attached hydrogens (tertiary/aromatic N) is 2. The Bertz CT molecular complexity index is 328. The molecular formula is C10H15Cl2N3. The maximum absolute atomic E-state index is 5.86. The SMILES string of the molecule is CC(C)C(C)CNc1cc(Cl)nnc1Cl.